The molecule has 0 aliphatic carbocycles. The van der Waals surface area contributed by atoms with Crippen LogP contribution in [0, 0.1) is 6.92 Å². The SMILES string of the molecule is Cc1cc(CN(C)C(=O)c2cnc(CSc3ccccc3)[nH]c2=O)on1. The van der Waals surface area contributed by atoms with Crippen LogP contribution in [-0.2, 0) is 12.3 Å². The Morgan fingerprint density at radius 1 is 1.31 bits per heavy atom. The van der Waals surface area contributed by atoms with Gasteiger partial charge in [-0.25, -0.2) is 4.98 Å². The number of rotatable bonds is 6. The summed E-state index contributed by atoms with van der Waals surface area (Å²) in [6.07, 6.45) is 1.32. The summed E-state index contributed by atoms with van der Waals surface area (Å²) in [6.45, 7) is 2.03. The number of thioether (sulfide) groups is 1. The van der Waals surface area contributed by atoms with E-state index in [-0.39, 0.29) is 12.1 Å². The largest absolute Gasteiger partial charge is 0.359 e. The summed E-state index contributed by atoms with van der Waals surface area (Å²) < 4.78 is 5.10. The molecule has 134 valence electrons. The summed E-state index contributed by atoms with van der Waals surface area (Å²) in [5.74, 6) is 1.17. The molecule has 7 nitrogen and oxygen atoms in total. The molecule has 0 aliphatic heterocycles. The maximum atomic E-state index is 12.5. The molecular formula is C18H18N4O3S. The third-order valence-corrected chi connectivity index (χ3v) is 4.64. The fourth-order valence-corrected chi connectivity index (χ4v) is 3.13. The number of nitrogens with one attached hydrogen (secondary N) is 1. The van der Waals surface area contributed by atoms with Gasteiger partial charge in [0, 0.05) is 24.2 Å². The van der Waals surface area contributed by atoms with Gasteiger partial charge in [-0.2, -0.15) is 0 Å². The van der Waals surface area contributed by atoms with E-state index in [1.54, 1.807) is 31.8 Å². The summed E-state index contributed by atoms with van der Waals surface area (Å²) in [7, 11) is 1.60. The number of benzene rings is 1. The zero-order valence-corrected chi connectivity index (χ0v) is 15.2. The van der Waals surface area contributed by atoms with Gasteiger partial charge in [0.15, 0.2) is 5.76 Å². The summed E-state index contributed by atoms with van der Waals surface area (Å²) >= 11 is 1.56. The van der Waals surface area contributed by atoms with Gasteiger partial charge in [0.05, 0.1) is 18.0 Å². The van der Waals surface area contributed by atoms with E-state index in [1.807, 2.05) is 30.3 Å². The molecule has 8 heteroatoms. The summed E-state index contributed by atoms with van der Waals surface area (Å²) in [5, 5.41) is 3.78. The Bertz CT molecular complexity index is 952. The van der Waals surface area contributed by atoms with Crippen molar-refractivity contribution in [3.05, 3.63) is 75.8 Å². The molecule has 3 rings (SSSR count). The standard InChI is InChI=1S/C18H18N4O3S/c1-12-8-13(25-21-12)10-22(2)18(24)15-9-19-16(20-17(15)23)11-26-14-6-4-3-5-7-14/h3-9H,10-11H2,1-2H3,(H,19,20,23). The molecule has 3 aromatic rings. The van der Waals surface area contributed by atoms with Gasteiger partial charge in [0.25, 0.3) is 11.5 Å². The Labute approximate surface area is 154 Å². The van der Waals surface area contributed by atoms with E-state index in [9.17, 15) is 9.59 Å². The van der Waals surface area contributed by atoms with Crippen LogP contribution in [0.15, 0.2) is 56.8 Å². The van der Waals surface area contributed by atoms with Gasteiger partial charge in [0.2, 0.25) is 0 Å². The van der Waals surface area contributed by atoms with Crippen LogP contribution >= 0.6 is 11.8 Å². The Hall–Kier alpha value is -2.87. The number of aromatic nitrogens is 3. The summed E-state index contributed by atoms with van der Waals surface area (Å²) in [6, 6.07) is 11.6. The van der Waals surface area contributed by atoms with E-state index < -0.39 is 11.5 Å². The first kappa shape index (κ1) is 17.9. The molecule has 0 saturated heterocycles. The van der Waals surface area contributed by atoms with Crippen molar-refractivity contribution in [3.63, 3.8) is 0 Å². The van der Waals surface area contributed by atoms with Crippen LogP contribution in [0.1, 0.15) is 27.6 Å². The molecule has 2 heterocycles. The van der Waals surface area contributed by atoms with E-state index in [0.717, 1.165) is 10.6 Å². The number of carbonyl (C=O) groups excluding carboxylic acids is 1. The molecule has 0 saturated carbocycles. The lowest BCUT2D eigenvalue weighted by atomic mass is 10.2. The molecule has 1 amide bonds. The van der Waals surface area contributed by atoms with Crippen LogP contribution in [0.4, 0.5) is 0 Å². The third kappa shape index (κ3) is 4.40. The molecule has 0 bridgehead atoms. The van der Waals surface area contributed by atoms with Crippen molar-refractivity contribution in [1.82, 2.24) is 20.0 Å². The lowest BCUT2D eigenvalue weighted by Gasteiger charge is -2.14. The van der Waals surface area contributed by atoms with Gasteiger partial charge in [-0.3, -0.25) is 9.59 Å². The van der Waals surface area contributed by atoms with Crippen molar-refractivity contribution in [2.75, 3.05) is 7.05 Å². The number of hydrogen-bond acceptors (Lipinski definition) is 6. The monoisotopic (exact) mass is 370 g/mol. The number of hydrogen-bond donors (Lipinski definition) is 1. The van der Waals surface area contributed by atoms with Crippen molar-refractivity contribution in [2.45, 2.75) is 24.1 Å². The number of nitrogens with zero attached hydrogens (tertiary/aromatic N) is 3. The molecule has 2 aromatic heterocycles. The second kappa shape index (κ2) is 8.01. The number of carbonyl (C=O) groups is 1. The Morgan fingerprint density at radius 2 is 2.08 bits per heavy atom. The number of amides is 1. The van der Waals surface area contributed by atoms with E-state index >= 15 is 0 Å². The average molecular weight is 370 g/mol. The van der Waals surface area contributed by atoms with Gasteiger partial charge < -0.3 is 14.4 Å². The van der Waals surface area contributed by atoms with Crippen molar-refractivity contribution in [2.24, 2.45) is 0 Å². The summed E-state index contributed by atoms with van der Waals surface area (Å²) in [4.78, 5) is 34.1. The van der Waals surface area contributed by atoms with E-state index in [2.05, 4.69) is 15.1 Å². The first-order chi connectivity index (χ1) is 12.5. The minimum Gasteiger partial charge on any atom is -0.359 e. The van der Waals surface area contributed by atoms with Crippen LogP contribution in [0.3, 0.4) is 0 Å². The molecule has 0 atom stereocenters. The fourth-order valence-electron chi connectivity index (χ4n) is 2.33. The molecule has 0 unspecified atom stereocenters. The molecule has 0 fully saturated rings. The number of aromatic amines is 1. The molecule has 0 spiro atoms. The van der Waals surface area contributed by atoms with Crippen LogP contribution in [0.25, 0.3) is 0 Å². The lowest BCUT2D eigenvalue weighted by Crippen LogP contribution is -2.32. The highest BCUT2D eigenvalue weighted by molar-refractivity contribution is 7.98. The third-order valence-electron chi connectivity index (χ3n) is 3.62. The smallest absolute Gasteiger partial charge is 0.263 e. The van der Waals surface area contributed by atoms with Crippen molar-refractivity contribution in [3.8, 4) is 0 Å². The predicted molar refractivity (Wildman–Crippen MR) is 97.9 cm³/mol. The highest BCUT2D eigenvalue weighted by Gasteiger charge is 2.18. The van der Waals surface area contributed by atoms with Gasteiger partial charge >= 0.3 is 0 Å². The maximum Gasteiger partial charge on any atom is 0.263 e. The van der Waals surface area contributed by atoms with Gasteiger partial charge in [0.1, 0.15) is 11.4 Å². The van der Waals surface area contributed by atoms with Gasteiger partial charge in [-0.05, 0) is 19.1 Å². The van der Waals surface area contributed by atoms with Crippen molar-refractivity contribution >= 4 is 17.7 Å². The van der Waals surface area contributed by atoms with E-state index in [4.69, 9.17) is 4.52 Å². The zero-order chi connectivity index (χ0) is 18.5. The summed E-state index contributed by atoms with van der Waals surface area (Å²) in [5.41, 5.74) is 0.284. The Kier molecular flexibility index (Phi) is 5.52. The maximum absolute atomic E-state index is 12.5. The number of H-pyrrole nitrogens is 1. The first-order valence-corrected chi connectivity index (χ1v) is 8.95. The minimum absolute atomic E-state index is 0.00259. The topological polar surface area (TPSA) is 92.1 Å². The Balaban J connectivity index is 1.66. The first-order valence-electron chi connectivity index (χ1n) is 7.96. The lowest BCUT2D eigenvalue weighted by molar-refractivity contribution is 0.0770. The van der Waals surface area contributed by atoms with Crippen LogP contribution in [0.5, 0.6) is 0 Å². The second-order valence-corrected chi connectivity index (χ2v) is 6.82. The highest BCUT2D eigenvalue weighted by atomic mass is 32.2. The number of aryl methyl sites for hydroxylation is 1. The quantitative estimate of drug-likeness (QED) is 0.671. The molecule has 0 aliphatic rings. The van der Waals surface area contributed by atoms with E-state index in [0.29, 0.717) is 17.3 Å². The van der Waals surface area contributed by atoms with Crippen LogP contribution < -0.4 is 5.56 Å². The van der Waals surface area contributed by atoms with Crippen LogP contribution in [-0.4, -0.2) is 33.0 Å². The predicted octanol–water partition coefficient (Wildman–Crippen LogP) is 2.63. The van der Waals surface area contributed by atoms with Crippen LogP contribution in [0.2, 0.25) is 0 Å². The van der Waals surface area contributed by atoms with Crippen molar-refractivity contribution in [1.29, 1.82) is 0 Å². The fraction of sp³-hybridized carbons (Fsp3) is 0.222. The van der Waals surface area contributed by atoms with E-state index in [1.165, 1.54) is 11.1 Å². The molecular weight excluding hydrogens is 352 g/mol. The molecule has 26 heavy (non-hydrogen) atoms. The van der Waals surface area contributed by atoms with Crippen molar-refractivity contribution < 1.29 is 9.32 Å². The average Bonchev–Trinajstić information content (AvgIpc) is 3.05. The minimum atomic E-state index is -0.450. The highest BCUT2D eigenvalue weighted by Crippen LogP contribution is 2.20. The Morgan fingerprint density at radius 3 is 2.73 bits per heavy atom. The normalized spacial score (nSPS) is 10.7. The zero-order valence-electron chi connectivity index (χ0n) is 14.4. The molecule has 1 N–H and O–H groups in total. The van der Waals surface area contributed by atoms with Gasteiger partial charge in [-0.15, -0.1) is 11.8 Å². The molecule has 1 aromatic carbocycles. The second-order valence-electron chi connectivity index (χ2n) is 5.77. The molecule has 0 radical (unpaired) electrons. The van der Waals surface area contributed by atoms with Gasteiger partial charge in [-0.1, -0.05) is 23.4 Å².